The van der Waals surface area contributed by atoms with Gasteiger partial charge in [-0.2, -0.15) is 0 Å². The third kappa shape index (κ3) is 4.11. The minimum atomic E-state index is 0.271. The molecule has 1 atom stereocenters. The Kier molecular flexibility index (Phi) is 6.12. The number of benzene rings is 1. The molecule has 0 saturated heterocycles. The number of rotatable bonds is 7. The third-order valence-corrected chi connectivity index (χ3v) is 3.51. The monoisotopic (exact) mass is 266 g/mol. The molecule has 0 aromatic heterocycles. The van der Waals surface area contributed by atoms with E-state index in [1.165, 1.54) is 5.56 Å². The second-order valence-electron chi connectivity index (χ2n) is 4.99. The van der Waals surface area contributed by atoms with Gasteiger partial charge in [0.05, 0.1) is 14.2 Å². The first-order chi connectivity index (χ1) is 9.03. The Balaban J connectivity index is 2.92. The molecule has 1 unspecified atom stereocenters. The number of nitrogens with one attached hydrogen (secondary N) is 1. The first-order valence-electron chi connectivity index (χ1n) is 6.62. The van der Waals surface area contributed by atoms with Crippen LogP contribution in [0.1, 0.15) is 25.5 Å². The van der Waals surface area contributed by atoms with Crippen LogP contribution in [-0.4, -0.2) is 45.8 Å². The minimum Gasteiger partial charge on any atom is -0.493 e. The lowest BCUT2D eigenvalue weighted by atomic mass is 10.1. The second-order valence-corrected chi connectivity index (χ2v) is 4.99. The largest absolute Gasteiger partial charge is 0.493 e. The Morgan fingerprint density at radius 3 is 2.26 bits per heavy atom. The molecule has 0 heterocycles. The fraction of sp³-hybridized carbons (Fsp3) is 0.600. The molecule has 1 rings (SSSR count). The van der Waals surface area contributed by atoms with Crippen molar-refractivity contribution in [2.24, 2.45) is 0 Å². The summed E-state index contributed by atoms with van der Waals surface area (Å²) in [5.74, 6) is 1.53. The van der Waals surface area contributed by atoms with Crippen LogP contribution in [0.5, 0.6) is 11.5 Å². The lowest BCUT2D eigenvalue weighted by Crippen LogP contribution is -2.35. The van der Waals surface area contributed by atoms with Gasteiger partial charge < -0.3 is 19.7 Å². The molecule has 0 saturated carbocycles. The Morgan fingerprint density at radius 1 is 1.16 bits per heavy atom. The number of methoxy groups -OCH3 is 2. The smallest absolute Gasteiger partial charge is 0.161 e. The van der Waals surface area contributed by atoms with Gasteiger partial charge in [-0.3, -0.25) is 0 Å². The maximum Gasteiger partial charge on any atom is 0.161 e. The van der Waals surface area contributed by atoms with Crippen molar-refractivity contribution in [1.82, 2.24) is 10.2 Å². The molecule has 108 valence electrons. The highest BCUT2D eigenvalue weighted by molar-refractivity contribution is 5.43. The van der Waals surface area contributed by atoms with Crippen LogP contribution < -0.4 is 14.8 Å². The summed E-state index contributed by atoms with van der Waals surface area (Å²) in [4.78, 5) is 2.32. The van der Waals surface area contributed by atoms with E-state index < -0.39 is 0 Å². The lowest BCUT2D eigenvalue weighted by Gasteiger charge is -2.27. The van der Waals surface area contributed by atoms with E-state index in [1.807, 2.05) is 19.2 Å². The number of likely N-dealkylation sites (N-methyl/N-ethyl adjacent to an activating group) is 2. The van der Waals surface area contributed by atoms with E-state index in [0.29, 0.717) is 6.04 Å². The molecule has 4 nitrogen and oxygen atoms in total. The van der Waals surface area contributed by atoms with Gasteiger partial charge in [-0.15, -0.1) is 0 Å². The third-order valence-electron chi connectivity index (χ3n) is 3.51. The van der Waals surface area contributed by atoms with Gasteiger partial charge in [0.15, 0.2) is 11.5 Å². The van der Waals surface area contributed by atoms with Gasteiger partial charge in [-0.25, -0.2) is 0 Å². The maximum absolute atomic E-state index is 5.36. The van der Waals surface area contributed by atoms with Crippen molar-refractivity contribution in [2.45, 2.75) is 25.9 Å². The molecule has 19 heavy (non-hydrogen) atoms. The number of ether oxygens (including phenoxy) is 2. The number of hydrogen-bond acceptors (Lipinski definition) is 4. The molecule has 0 bridgehead atoms. The van der Waals surface area contributed by atoms with E-state index in [0.717, 1.165) is 18.0 Å². The van der Waals surface area contributed by atoms with Gasteiger partial charge in [-0.1, -0.05) is 6.07 Å². The van der Waals surface area contributed by atoms with Crippen LogP contribution in [0, 0.1) is 0 Å². The maximum atomic E-state index is 5.36. The zero-order valence-corrected chi connectivity index (χ0v) is 12.9. The summed E-state index contributed by atoms with van der Waals surface area (Å²) in [5, 5.41) is 3.35. The zero-order chi connectivity index (χ0) is 14.4. The van der Waals surface area contributed by atoms with Crippen molar-refractivity contribution in [3.63, 3.8) is 0 Å². The average molecular weight is 266 g/mol. The molecule has 1 N–H and O–H groups in total. The fourth-order valence-corrected chi connectivity index (χ4v) is 1.93. The normalized spacial score (nSPS) is 12.8. The SMILES string of the molecule is CNC(CN(C)C(C)C)c1ccc(OC)c(OC)c1. The molecular formula is C15H26N2O2. The summed E-state index contributed by atoms with van der Waals surface area (Å²) in [6, 6.07) is 6.86. The lowest BCUT2D eigenvalue weighted by molar-refractivity contribution is 0.246. The summed E-state index contributed by atoms with van der Waals surface area (Å²) in [6.45, 7) is 5.34. The van der Waals surface area contributed by atoms with Crippen LogP contribution in [0.2, 0.25) is 0 Å². The van der Waals surface area contributed by atoms with Crippen LogP contribution in [0.25, 0.3) is 0 Å². The molecule has 0 aliphatic carbocycles. The van der Waals surface area contributed by atoms with E-state index >= 15 is 0 Å². The highest BCUT2D eigenvalue weighted by atomic mass is 16.5. The zero-order valence-electron chi connectivity index (χ0n) is 12.9. The Bertz CT molecular complexity index is 394. The molecule has 0 radical (unpaired) electrons. The summed E-state index contributed by atoms with van der Waals surface area (Å²) < 4.78 is 10.6. The number of hydrogen-bond donors (Lipinski definition) is 1. The Morgan fingerprint density at radius 2 is 1.79 bits per heavy atom. The van der Waals surface area contributed by atoms with Gasteiger partial charge >= 0.3 is 0 Å². The van der Waals surface area contributed by atoms with Crippen molar-refractivity contribution in [2.75, 3.05) is 34.9 Å². The molecule has 1 aromatic rings. The van der Waals surface area contributed by atoms with E-state index in [-0.39, 0.29) is 6.04 Å². The summed E-state index contributed by atoms with van der Waals surface area (Å²) >= 11 is 0. The van der Waals surface area contributed by atoms with Crippen LogP contribution >= 0.6 is 0 Å². The molecular weight excluding hydrogens is 240 g/mol. The number of nitrogens with zero attached hydrogens (tertiary/aromatic N) is 1. The quantitative estimate of drug-likeness (QED) is 0.821. The van der Waals surface area contributed by atoms with Crippen LogP contribution in [0.3, 0.4) is 0 Å². The predicted octanol–water partition coefficient (Wildman–Crippen LogP) is 2.30. The van der Waals surface area contributed by atoms with Gasteiger partial charge in [-0.05, 0) is 45.6 Å². The molecule has 1 aromatic carbocycles. The standard InChI is InChI=1S/C15H26N2O2/c1-11(2)17(4)10-13(16-3)12-7-8-14(18-5)15(9-12)19-6/h7-9,11,13,16H,10H2,1-6H3. The first kappa shape index (κ1) is 15.8. The fourth-order valence-electron chi connectivity index (χ4n) is 1.93. The van der Waals surface area contributed by atoms with Crippen molar-refractivity contribution in [1.29, 1.82) is 0 Å². The van der Waals surface area contributed by atoms with Gasteiger partial charge in [0.1, 0.15) is 0 Å². The van der Waals surface area contributed by atoms with Gasteiger partial charge in [0.25, 0.3) is 0 Å². The Hall–Kier alpha value is -1.26. The van der Waals surface area contributed by atoms with Crippen LogP contribution in [0.4, 0.5) is 0 Å². The average Bonchev–Trinajstić information content (AvgIpc) is 2.43. The highest BCUT2D eigenvalue weighted by Gasteiger charge is 2.16. The molecule has 4 heteroatoms. The molecule has 0 aliphatic heterocycles. The molecule has 0 amide bonds. The Labute approximate surface area is 116 Å². The van der Waals surface area contributed by atoms with E-state index in [9.17, 15) is 0 Å². The predicted molar refractivity (Wildman–Crippen MR) is 79.1 cm³/mol. The summed E-state index contributed by atoms with van der Waals surface area (Å²) in [7, 11) is 7.43. The van der Waals surface area contributed by atoms with Crippen molar-refractivity contribution in [3.8, 4) is 11.5 Å². The van der Waals surface area contributed by atoms with E-state index in [1.54, 1.807) is 14.2 Å². The second kappa shape index (κ2) is 7.36. The van der Waals surface area contributed by atoms with E-state index in [4.69, 9.17) is 9.47 Å². The van der Waals surface area contributed by atoms with Gasteiger partial charge in [0.2, 0.25) is 0 Å². The van der Waals surface area contributed by atoms with Crippen molar-refractivity contribution >= 4 is 0 Å². The first-order valence-corrected chi connectivity index (χ1v) is 6.62. The molecule has 0 aliphatic rings. The molecule has 0 spiro atoms. The summed E-state index contributed by atoms with van der Waals surface area (Å²) in [5.41, 5.74) is 1.20. The molecule has 0 fully saturated rings. The van der Waals surface area contributed by atoms with Crippen molar-refractivity contribution < 1.29 is 9.47 Å². The van der Waals surface area contributed by atoms with Crippen molar-refractivity contribution in [3.05, 3.63) is 23.8 Å². The van der Waals surface area contributed by atoms with Crippen LogP contribution in [0.15, 0.2) is 18.2 Å². The topological polar surface area (TPSA) is 33.7 Å². The van der Waals surface area contributed by atoms with Crippen LogP contribution in [-0.2, 0) is 0 Å². The highest BCUT2D eigenvalue weighted by Crippen LogP contribution is 2.30. The van der Waals surface area contributed by atoms with E-state index in [2.05, 4.69) is 37.2 Å². The minimum absolute atomic E-state index is 0.271. The van der Waals surface area contributed by atoms with Gasteiger partial charge in [0, 0.05) is 18.6 Å². The summed E-state index contributed by atoms with van der Waals surface area (Å²) in [6.07, 6.45) is 0.